The van der Waals surface area contributed by atoms with Crippen LogP contribution in [0.3, 0.4) is 0 Å². The summed E-state index contributed by atoms with van der Waals surface area (Å²) in [5.74, 6) is 0.739. The van der Waals surface area contributed by atoms with Crippen LogP contribution in [0.4, 0.5) is 10.2 Å². The minimum Gasteiger partial charge on any atom is -0.356 e. The molecule has 1 saturated heterocycles. The van der Waals surface area contributed by atoms with Crippen molar-refractivity contribution in [2.75, 3.05) is 18.0 Å². The van der Waals surface area contributed by atoms with Crippen molar-refractivity contribution < 1.29 is 4.39 Å². The van der Waals surface area contributed by atoms with Gasteiger partial charge in [-0.25, -0.2) is 14.4 Å². The zero-order chi connectivity index (χ0) is 18.2. The number of rotatable bonds is 3. The van der Waals surface area contributed by atoms with E-state index in [4.69, 9.17) is 0 Å². The summed E-state index contributed by atoms with van der Waals surface area (Å²) in [5, 5.41) is 1.05. The van der Waals surface area contributed by atoms with Crippen molar-refractivity contribution in [1.82, 2.24) is 14.5 Å². The van der Waals surface area contributed by atoms with Crippen LogP contribution in [0.2, 0.25) is 0 Å². The third-order valence-corrected chi connectivity index (χ3v) is 5.16. The van der Waals surface area contributed by atoms with E-state index in [-0.39, 0.29) is 5.82 Å². The Labute approximate surface area is 156 Å². The Hall–Kier alpha value is -3.21. The van der Waals surface area contributed by atoms with Crippen LogP contribution in [0.15, 0.2) is 67.1 Å². The first-order valence-corrected chi connectivity index (χ1v) is 9.23. The van der Waals surface area contributed by atoms with Crippen LogP contribution in [0.1, 0.15) is 12.8 Å². The monoisotopic (exact) mass is 358 g/mol. The van der Waals surface area contributed by atoms with Crippen molar-refractivity contribution in [3.8, 4) is 16.8 Å². The van der Waals surface area contributed by atoms with Crippen molar-refractivity contribution in [2.24, 2.45) is 0 Å². The lowest BCUT2D eigenvalue weighted by Gasteiger charge is -2.17. The van der Waals surface area contributed by atoms with E-state index in [0.29, 0.717) is 0 Å². The molecular formula is C22H19FN4. The molecule has 5 heteroatoms. The molecule has 1 aliphatic rings. The van der Waals surface area contributed by atoms with Gasteiger partial charge in [0.05, 0.1) is 5.39 Å². The highest BCUT2D eigenvalue weighted by atomic mass is 19.1. The van der Waals surface area contributed by atoms with Crippen LogP contribution in [0, 0.1) is 5.82 Å². The molecule has 0 atom stereocenters. The van der Waals surface area contributed by atoms with E-state index in [1.54, 1.807) is 18.5 Å². The molecule has 0 saturated carbocycles. The molecule has 3 heterocycles. The summed E-state index contributed by atoms with van der Waals surface area (Å²) >= 11 is 0. The zero-order valence-corrected chi connectivity index (χ0v) is 14.8. The van der Waals surface area contributed by atoms with E-state index < -0.39 is 0 Å². The first kappa shape index (κ1) is 16.0. The SMILES string of the molecule is Fc1ccc(-n2cc(-c3ccccc3)c3c(N4CCCC4)ncnc32)cc1. The molecule has 1 aliphatic heterocycles. The highest BCUT2D eigenvalue weighted by molar-refractivity contribution is 6.02. The molecule has 0 aliphatic carbocycles. The average Bonchev–Trinajstić information content (AvgIpc) is 3.37. The van der Waals surface area contributed by atoms with Gasteiger partial charge in [0.15, 0.2) is 5.65 Å². The maximum Gasteiger partial charge on any atom is 0.150 e. The van der Waals surface area contributed by atoms with Gasteiger partial charge in [-0.05, 0) is 42.7 Å². The molecular weight excluding hydrogens is 339 g/mol. The number of hydrogen-bond donors (Lipinski definition) is 0. The van der Waals surface area contributed by atoms with Gasteiger partial charge in [-0.3, -0.25) is 0 Å². The van der Waals surface area contributed by atoms with Crippen LogP contribution >= 0.6 is 0 Å². The Morgan fingerprint density at radius 3 is 2.33 bits per heavy atom. The second-order valence-corrected chi connectivity index (χ2v) is 6.85. The predicted molar refractivity (Wildman–Crippen MR) is 106 cm³/mol. The fourth-order valence-corrected chi connectivity index (χ4v) is 3.85. The van der Waals surface area contributed by atoms with Crippen LogP contribution in [0.5, 0.6) is 0 Å². The number of halogens is 1. The standard InChI is InChI=1S/C22H19FN4/c23-17-8-10-18(11-9-17)27-14-19(16-6-2-1-3-7-16)20-21(24-15-25-22(20)27)26-12-4-5-13-26/h1-3,6-11,14-15H,4-5,12-13H2. The lowest BCUT2D eigenvalue weighted by atomic mass is 10.1. The van der Waals surface area contributed by atoms with E-state index in [1.807, 2.05) is 22.8 Å². The number of anilines is 1. The van der Waals surface area contributed by atoms with Crippen molar-refractivity contribution in [2.45, 2.75) is 12.8 Å². The molecule has 2 aromatic heterocycles. The first-order chi connectivity index (χ1) is 13.3. The van der Waals surface area contributed by atoms with Gasteiger partial charge in [0.25, 0.3) is 0 Å². The maximum absolute atomic E-state index is 13.4. The van der Waals surface area contributed by atoms with Gasteiger partial charge in [-0.1, -0.05) is 30.3 Å². The number of fused-ring (bicyclic) bond motifs is 1. The Morgan fingerprint density at radius 1 is 0.852 bits per heavy atom. The number of nitrogens with zero attached hydrogens (tertiary/aromatic N) is 4. The van der Waals surface area contributed by atoms with Gasteiger partial charge in [0.1, 0.15) is 18.0 Å². The second-order valence-electron chi connectivity index (χ2n) is 6.85. The van der Waals surface area contributed by atoms with Crippen molar-refractivity contribution in [3.63, 3.8) is 0 Å². The van der Waals surface area contributed by atoms with Crippen LogP contribution in [-0.4, -0.2) is 27.6 Å². The van der Waals surface area contributed by atoms with Gasteiger partial charge in [-0.2, -0.15) is 0 Å². The van der Waals surface area contributed by atoms with Gasteiger partial charge in [0, 0.05) is 30.5 Å². The molecule has 0 N–H and O–H groups in total. The quantitative estimate of drug-likeness (QED) is 0.526. The van der Waals surface area contributed by atoms with E-state index in [0.717, 1.165) is 46.8 Å². The molecule has 1 fully saturated rings. The summed E-state index contributed by atoms with van der Waals surface area (Å²) < 4.78 is 15.4. The number of hydrogen-bond acceptors (Lipinski definition) is 3. The maximum atomic E-state index is 13.4. The first-order valence-electron chi connectivity index (χ1n) is 9.23. The van der Waals surface area contributed by atoms with E-state index in [9.17, 15) is 4.39 Å². The summed E-state index contributed by atoms with van der Waals surface area (Å²) in [6, 6.07) is 16.8. The lowest BCUT2D eigenvalue weighted by Crippen LogP contribution is -2.19. The van der Waals surface area contributed by atoms with Gasteiger partial charge >= 0.3 is 0 Å². The normalized spacial score (nSPS) is 14.2. The average molecular weight is 358 g/mol. The number of aromatic nitrogens is 3. The molecule has 0 unspecified atom stereocenters. The topological polar surface area (TPSA) is 34.0 Å². The Kier molecular flexibility index (Phi) is 3.85. The van der Waals surface area contributed by atoms with Crippen molar-refractivity contribution in [1.29, 1.82) is 0 Å². The molecule has 0 amide bonds. The molecule has 4 aromatic rings. The molecule has 5 rings (SSSR count). The molecule has 0 bridgehead atoms. The minimum atomic E-state index is -0.245. The summed E-state index contributed by atoms with van der Waals surface area (Å²) in [5.41, 5.74) is 3.95. The van der Waals surface area contributed by atoms with Crippen LogP contribution in [-0.2, 0) is 0 Å². The van der Waals surface area contributed by atoms with E-state index in [1.165, 1.54) is 25.0 Å². The van der Waals surface area contributed by atoms with Gasteiger partial charge < -0.3 is 9.47 Å². The predicted octanol–water partition coefficient (Wildman–Crippen LogP) is 4.83. The fourth-order valence-electron chi connectivity index (χ4n) is 3.85. The van der Waals surface area contributed by atoms with Crippen molar-refractivity contribution >= 4 is 16.9 Å². The largest absolute Gasteiger partial charge is 0.356 e. The minimum absolute atomic E-state index is 0.245. The molecule has 134 valence electrons. The van der Waals surface area contributed by atoms with Gasteiger partial charge in [0.2, 0.25) is 0 Å². The highest BCUT2D eigenvalue weighted by Crippen LogP contribution is 2.37. The third kappa shape index (κ3) is 2.76. The smallest absolute Gasteiger partial charge is 0.150 e. The molecule has 4 nitrogen and oxygen atoms in total. The third-order valence-electron chi connectivity index (χ3n) is 5.16. The highest BCUT2D eigenvalue weighted by Gasteiger charge is 2.22. The summed E-state index contributed by atoms with van der Waals surface area (Å²) in [4.78, 5) is 11.6. The number of benzene rings is 2. The molecule has 27 heavy (non-hydrogen) atoms. The molecule has 0 radical (unpaired) electrons. The van der Waals surface area contributed by atoms with E-state index in [2.05, 4.69) is 33.2 Å². The van der Waals surface area contributed by atoms with Crippen LogP contribution in [0.25, 0.3) is 27.8 Å². The van der Waals surface area contributed by atoms with Gasteiger partial charge in [-0.15, -0.1) is 0 Å². The Bertz CT molecular complexity index is 1080. The lowest BCUT2D eigenvalue weighted by molar-refractivity contribution is 0.627. The van der Waals surface area contributed by atoms with E-state index >= 15 is 0 Å². The second kappa shape index (κ2) is 6.50. The Balaban J connectivity index is 1.80. The molecule has 0 spiro atoms. The summed E-state index contributed by atoms with van der Waals surface area (Å²) in [6.45, 7) is 2.03. The fraction of sp³-hybridized carbons (Fsp3) is 0.182. The summed E-state index contributed by atoms with van der Waals surface area (Å²) in [6.07, 6.45) is 6.09. The van der Waals surface area contributed by atoms with Crippen molar-refractivity contribution in [3.05, 3.63) is 72.9 Å². The zero-order valence-electron chi connectivity index (χ0n) is 14.8. The Morgan fingerprint density at radius 2 is 1.59 bits per heavy atom. The summed E-state index contributed by atoms with van der Waals surface area (Å²) in [7, 11) is 0. The molecule has 2 aromatic carbocycles. The van der Waals surface area contributed by atoms with Crippen LogP contribution < -0.4 is 4.90 Å².